The Morgan fingerprint density at radius 2 is 2.47 bits per heavy atom. The highest BCUT2D eigenvalue weighted by Crippen LogP contribution is 2.21. The van der Waals surface area contributed by atoms with Crippen molar-refractivity contribution in [2.45, 2.75) is 32.7 Å². The van der Waals surface area contributed by atoms with Crippen molar-refractivity contribution in [3.05, 3.63) is 11.5 Å². The molecule has 2 N–H and O–H groups in total. The topological polar surface area (TPSA) is 67.2 Å². The van der Waals surface area contributed by atoms with Crippen molar-refractivity contribution in [3.8, 4) is 0 Å². The van der Waals surface area contributed by atoms with Gasteiger partial charge in [-0.3, -0.25) is 4.79 Å². The average molecular weight is 209 g/mol. The van der Waals surface area contributed by atoms with E-state index in [2.05, 4.69) is 15.8 Å². The van der Waals surface area contributed by atoms with Crippen molar-refractivity contribution in [1.82, 2.24) is 10.5 Å². The van der Waals surface area contributed by atoms with Crippen LogP contribution in [-0.2, 0) is 11.2 Å². The number of rotatable bonds is 3. The molecule has 1 saturated heterocycles. The summed E-state index contributed by atoms with van der Waals surface area (Å²) in [6.45, 7) is 4.70. The van der Waals surface area contributed by atoms with Gasteiger partial charge in [0.15, 0.2) is 5.76 Å². The highest BCUT2D eigenvalue weighted by Gasteiger charge is 2.26. The molecule has 0 saturated carbocycles. The minimum absolute atomic E-state index is 0.00208. The second-order valence-electron chi connectivity index (χ2n) is 3.70. The maximum Gasteiger partial charge on any atom is 0.241 e. The smallest absolute Gasteiger partial charge is 0.241 e. The van der Waals surface area contributed by atoms with Gasteiger partial charge in [0.05, 0.1) is 6.04 Å². The van der Waals surface area contributed by atoms with Gasteiger partial charge in [-0.05, 0) is 26.3 Å². The Hall–Kier alpha value is -1.36. The van der Waals surface area contributed by atoms with E-state index in [0.29, 0.717) is 5.76 Å². The molecule has 2 rings (SSSR count). The highest BCUT2D eigenvalue weighted by molar-refractivity contribution is 5.96. The van der Waals surface area contributed by atoms with Gasteiger partial charge < -0.3 is 15.2 Å². The molecule has 15 heavy (non-hydrogen) atoms. The molecule has 5 nitrogen and oxygen atoms in total. The van der Waals surface area contributed by atoms with Crippen LogP contribution < -0.4 is 10.6 Å². The van der Waals surface area contributed by atoms with Crippen LogP contribution >= 0.6 is 0 Å². The van der Waals surface area contributed by atoms with E-state index in [1.807, 2.05) is 6.92 Å². The summed E-state index contributed by atoms with van der Waals surface area (Å²) in [6, 6.07) is -0.0518. The summed E-state index contributed by atoms with van der Waals surface area (Å²) < 4.78 is 5.03. The molecule has 1 aromatic heterocycles. The summed E-state index contributed by atoms with van der Waals surface area (Å²) in [4.78, 5) is 11.7. The molecule has 1 aliphatic rings. The number of anilines is 1. The van der Waals surface area contributed by atoms with E-state index >= 15 is 0 Å². The first kappa shape index (κ1) is 10.2. The monoisotopic (exact) mass is 209 g/mol. The van der Waals surface area contributed by atoms with Gasteiger partial charge in [0, 0.05) is 0 Å². The second kappa shape index (κ2) is 4.02. The Morgan fingerprint density at radius 1 is 1.73 bits per heavy atom. The van der Waals surface area contributed by atoms with Crippen LogP contribution in [0.2, 0.25) is 0 Å². The molecule has 1 amide bonds. The number of aryl methyl sites for hydroxylation is 2. The molecule has 0 aromatic carbocycles. The molecular weight excluding hydrogens is 194 g/mol. The van der Waals surface area contributed by atoms with Crippen LogP contribution in [-0.4, -0.2) is 23.7 Å². The maximum absolute atomic E-state index is 11.7. The summed E-state index contributed by atoms with van der Waals surface area (Å²) >= 11 is 0. The van der Waals surface area contributed by atoms with Crippen LogP contribution in [0, 0.1) is 6.92 Å². The Morgan fingerprint density at radius 3 is 3.00 bits per heavy atom. The van der Waals surface area contributed by atoms with E-state index in [0.717, 1.165) is 30.8 Å². The Kier molecular flexibility index (Phi) is 2.73. The van der Waals surface area contributed by atoms with Gasteiger partial charge in [-0.15, -0.1) is 0 Å². The minimum Gasteiger partial charge on any atom is -0.359 e. The summed E-state index contributed by atoms with van der Waals surface area (Å²) in [6.07, 6.45) is 1.66. The van der Waals surface area contributed by atoms with Crippen molar-refractivity contribution < 1.29 is 9.32 Å². The van der Waals surface area contributed by atoms with Crippen molar-refractivity contribution >= 4 is 11.6 Å². The molecule has 2 heterocycles. The van der Waals surface area contributed by atoms with Gasteiger partial charge in [-0.25, -0.2) is 0 Å². The van der Waals surface area contributed by atoms with Crippen LogP contribution in [0.15, 0.2) is 4.52 Å². The van der Waals surface area contributed by atoms with Gasteiger partial charge in [0.25, 0.3) is 0 Å². The standard InChI is InChI=1S/C10H15N3O2/c1-3-7-9(6(2)15-13-7)12-10(14)8-4-5-11-8/h8,11H,3-5H2,1-2H3,(H,12,14)/t8-/m1/s1. The van der Waals surface area contributed by atoms with Gasteiger partial charge in [-0.2, -0.15) is 0 Å². The van der Waals surface area contributed by atoms with E-state index in [-0.39, 0.29) is 11.9 Å². The largest absolute Gasteiger partial charge is 0.359 e. The fourth-order valence-corrected chi connectivity index (χ4v) is 1.54. The van der Waals surface area contributed by atoms with E-state index in [1.165, 1.54) is 0 Å². The molecule has 0 bridgehead atoms. The van der Waals surface area contributed by atoms with E-state index in [9.17, 15) is 4.79 Å². The summed E-state index contributed by atoms with van der Waals surface area (Å²) in [5.41, 5.74) is 1.54. The number of aromatic nitrogens is 1. The van der Waals surface area contributed by atoms with Crippen LogP contribution in [0.1, 0.15) is 24.8 Å². The van der Waals surface area contributed by atoms with E-state index < -0.39 is 0 Å². The van der Waals surface area contributed by atoms with Crippen molar-refractivity contribution in [2.24, 2.45) is 0 Å². The first-order chi connectivity index (χ1) is 7.22. The predicted octanol–water partition coefficient (Wildman–Crippen LogP) is 0.846. The zero-order valence-corrected chi connectivity index (χ0v) is 8.96. The number of nitrogens with zero attached hydrogens (tertiary/aromatic N) is 1. The molecule has 5 heteroatoms. The summed E-state index contributed by atoms with van der Waals surface area (Å²) in [7, 11) is 0. The van der Waals surface area contributed by atoms with Crippen molar-refractivity contribution in [1.29, 1.82) is 0 Å². The molecule has 1 atom stereocenters. The number of amides is 1. The SMILES string of the molecule is CCc1noc(C)c1NC(=O)[C@H]1CCN1. The number of carbonyl (C=O) groups excluding carboxylic acids is 1. The molecule has 1 fully saturated rings. The molecule has 0 unspecified atom stereocenters. The normalized spacial score (nSPS) is 19.7. The molecule has 1 aromatic rings. The lowest BCUT2D eigenvalue weighted by atomic mass is 10.1. The number of nitrogens with one attached hydrogen (secondary N) is 2. The third-order valence-corrected chi connectivity index (χ3v) is 2.66. The van der Waals surface area contributed by atoms with Crippen LogP contribution in [0.4, 0.5) is 5.69 Å². The third-order valence-electron chi connectivity index (χ3n) is 2.66. The fraction of sp³-hybridized carbons (Fsp3) is 0.600. The Bertz CT molecular complexity index is 369. The fourth-order valence-electron chi connectivity index (χ4n) is 1.54. The van der Waals surface area contributed by atoms with E-state index in [4.69, 9.17) is 4.52 Å². The van der Waals surface area contributed by atoms with E-state index in [1.54, 1.807) is 6.92 Å². The lowest BCUT2D eigenvalue weighted by molar-refractivity contribution is -0.119. The van der Waals surface area contributed by atoms with Gasteiger partial charge in [0.2, 0.25) is 5.91 Å². The number of hydrogen-bond acceptors (Lipinski definition) is 4. The van der Waals surface area contributed by atoms with Crippen molar-refractivity contribution in [2.75, 3.05) is 11.9 Å². The highest BCUT2D eigenvalue weighted by atomic mass is 16.5. The number of hydrogen-bond donors (Lipinski definition) is 2. The third kappa shape index (κ3) is 1.87. The zero-order chi connectivity index (χ0) is 10.8. The lowest BCUT2D eigenvalue weighted by Crippen LogP contribution is -2.50. The Labute approximate surface area is 88.2 Å². The summed E-state index contributed by atoms with van der Waals surface area (Å²) in [5.74, 6) is 0.668. The molecule has 0 spiro atoms. The average Bonchev–Trinajstić information content (AvgIpc) is 2.45. The molecule has 0 aliphatic carbocycles. The van der Waals surface area contributed by atoms with Gasteiger partial charge >= 0.3 is 0 Å². The zero-order valence-electron chi connectivity index (χ0n) is 8.96. The first-order valence-electron chi connectivity index (χ1n) is 5.21. The Balaban J connectivity index is 2.08. The molecule has 82 valence electrons. The van der Waals surface area contributed by atoms with Crippen molar-refractivity contribution in [3.63, 3.8) is 0 Å². The molecule has 0 radical (unpaired) electrons. The first-order valence-corrected chi connectivity index (χ1v) is 5.21. The van der Waals surface area contributed by atoms with Crippen LogP contribution in [0.3, 0.4) is 0 Å². The summed E-state index contributed by atoms with van der Waals surface area (Å²) in [5, 5.41) is 9.79. The lowest BCUT2D eigenvalue weighted by Gasteiger charge is -2.26. The number of carbonyl (C=O) groups is 1. The van der Waals surface area contributed by atoms with Gasteiger partial charge in [0.1, 0.15) is 11.4 Å². The minimum atomic E-state index is -0.0518. The molecule has 1 aliphatic heterocycles. The molecular formula is C10H15N3O2. The predicted molar refractivity (Wildman–Crippen MR) is 55.7 cm³/mol. The maximum atomic E-state index is 11.7. The van der Waals surface area contributed by atoms with Gasteiger partial charge in [-0.1, -0.05) is 12.1 Å². The van der Waals surface area contributed by atoms with Crippen LogP contribution in [0.25, 0.3) is 0 Å². The second-order valence-corrected chi connectivity index (χ2v) is 3.70. The quantitative estimate of drug-likeness (QED) is 0.774. The van der Waals surface area contributed by atoms with Crippen LogP contribution in [0.5, 0.6) is 0 Å².